The van der Waals surface area contributed by atoms with Crippen LogP contribution in [0.3, 0.4) is 0 Å². The Labute approximate surface area is 124 Å². The summed E-state index contributed by atoms with van der Waals surface area (Å²) in [5.41, 5.74) is -0.480. The molecule has 0 aliphatic carbocycles. The van der Waals surface area contributed by atoms with Crippen LogP contribution in [0.2, 0.25) is 0 Å². The second-order valence-corrected chi connectivity index (χ2v) is 5.82. The second-order valence-electron chi connectivity index (χ2n) is 5.82. The van der Waals surface area contributed by atoms with Crippen molar-refractivity contribution >= 4 is 11.9 Å². The summed E-state index contributed by atoms with van der Waals surface area (Å²) in [6.45, 7) is 8.59. The maximum atomic E-state index is 12.0. The Bertz CT molecular complexity index is 491. The summed E-state index contributed by atoms with van der Waals surface area (Å²) in [7, 11) is 0. The Balaban J connectivity index is 1.77. The molecule has 2 rings (SSSR count). The summed E-state index contributed by atoms with van der Waals surface area (Å²) in [5, 5.41) is 10.8. The van der Waals surface area contributed by atoms with Gasteiger partial charge in [-0.15, -0.1) is 5.10 Å². The molecule has 8 heteroatoms. The van der Waals surface area contributed by atoms with Gasteiger partial charge in [0, 0.05) is 19.3 Å². The predicted molar refractivity (Wildman–Crippen MR) is 78.1 cm³/mol. The van der Waals surface area contributed by atoms with Gasteiger partial charge in [-0.2, -0.15) is 0 Å². The fourth-order valence-corrected chi connectivity index (χ4v) is 1.88. The van der Waals surface area contributed by atoms with Crippen molar-refractivity contribution in [1.29, 1.82) is 0 Å². The van der Waals surface area contributed by atoms with Crippen molar-refractivity contribution < 1.29 is 9.53 Å². The lowest BCUT2D eigenvalue weighted by Gasteiger charge is -2.29. The SMILES string of the molecule is CC(C)(C)OC(=O)N1CCN=C(NCCn2ccnn2)C1. The molecule has 0 atom stereocenters. The first-order valence-corrected chi connectivity index (χ1v) is 7.03. The van der Waals surface area contributed by atoms with E-state index in [4.69, 9.17) is 4.74 Å². The molecule has 1 aromatic heterocycles. The van der Waals surface area contributed by atoms with Gasteiger partial charge >= 0.3 is 6.09 Å². The van der Waals surface area contributed by atoms with Crippen molar-refractivity contribution in [3.05, 3.63) is 12.4 Å². The molecule has 0 radical (unpaired) electrons. The molecule has 8 nitrogen and oxygen atoms in total. The first kappa shape index (κ1) is 15.3. The van der Waals surface area contributed by atoms with E-state index in [2.05, 4.69) is 20.6 Å². The van der Waals surface area contributed by atoms with E-state index in [0.29, 0.717) is 32.7 Å². The highest BCUT2D eigenvalue weighted by molar-refractivity contribution is 5.87. The van der Waals surface area contributed by atoms with Gasteiger partial charge < -0.3 is 10.1 Å². The van der Waals surface area contributed by atoms with E-state index in [9.17, 15) is 4.79 Å². The van der Waals surface area contributed by atoms with Crippen LogP contribution in [-0.4, -0.2) is 63.6 Å². The van der Waals surface area contributed by atoms with Crippen LogP contribution < -0.4 is 5.32 Å². The number of amidine groups is 1. The zero-order chi connectivity index (χ0) is 15.3. The molecule has 2 heterocycles. The van der Waals surface area contributed by atoms with E-state index in [1.807, 2.05) is 20.8 Å². The number of ether oxygens (including phenoxy) is 1. The average Bonchev–Trinajstić information content (AvgIpc) is 2.90. The number of amides is 1. The molecule has 116 valence electrons. The van der Waals surface area contributed by atoms with Crippen molar-refractivity contribution in [2.24, 2.45) is 4.99 Å². The predicted octanol–water partition coefficient (Wildman–Crippen LogP) is 0.517. The summed E-state index contributed by atoms with van der Waals surface area (Å²) in [6, 6.07) is 0. The standard InChI is InChI=1S/C13H22N6O2/c1-13(2,3)21-12(20)18-7-4-14-11(10-18)15-5-8-19-9-6-16-17-19/h6,9H,4-5,7-8,10H2,1-3H3,(H,14,15). The lowest BCUT2D eigenvalue weighted by Crippen LogP contribution is -2.47. The maximum Gasteiger partial charge on any atom is 0.410 e. The fraction of sp³-hybridized carbons (Fsp3) is 0.692. The van der Waals surface area contributed by atoms with Gasteiger partial charge in [0.1, 0.15) is 11.4 Å². The molecule has 21 heavy (non-hydrogen) atoms. The van der Waals surface area contributed by atoms with E-state index in [1.54, 1.807) is 22.0 Å². The van der Waals surface area contributed by atoms with Crippen molar-refractivity contribution in [3.8, 4) is 0 Å². The number of nitrogens with zero attached hydrogens (tertiary/aromatic N) is 5. The van der Waals surface area contributed by atoms with E-state index in [0.717, 1.165) is 5.84 Å². The summed E-state index contributed by atoms with van der Waals surface area (Å²) < 4.78 is 7.11. The molecule has 1 aliphatic rings. The highest BCUT2D eigenvalue weighted by Gasteiger charge is 2.24. The molecule has 1 amide bonds. The van der Waals surface area contributed by atoms with Crippen LogP contribution in [0.4, 0.5) is 4.79 Å². The number of hydrogen-bond acceptors (Lipinski definition) is 6. The Kier molecular flexibility index (Phi) is 4.77. The third-order valence-corrected chi connectivity index (χ3v) is 2.81. The quantitative estimate of drug-likeness (QED) is 0.878. The molecule has 1 aliphatic heterocycles. The molecule has 0 aromatic carbocycles. The van der Waals surface area contributed by atoms with E-state index >= 15 is 0 Å². The zero-order valence-electron chi connectivity index (χ0n) is 12.7. The molecular formula is C13H22N6O2. The first-order chi connectivity index (χ1) is 9.94. The molecule has 0 spiro atoms. The third kappa shape index (κ3) is 5.05. The van der Waals surface area contributed by atoms with Crippen LogP contribution in [0.15, 0.2) is 17.4 Å². The monoisotopic (exact) mass is 294 g/mol. The topological polar surface area (TPSA) is 84.6 Å². The molecule has 0 unspecified atom stereocenters. The Morgan fingerprint density at radius 3 is 2.95 bits per heavy atom. The molecule has 0 bridgehead atoms. The number of hydrogen-bond donors (Lipinski definition) is 1. The van der Waals surface area contributed by atoms with Crippen LogP contribution in [-0.2, 0) is 11.3 Å². The molecule has 0 fully saturated rings. The molecule has 1 N–H and O–H groups in total. The third-order valence-electron chi connectivity index (χ3n) is 2.81. The minimum absolute atomic E-state index is 0.298. The van der Waals surface area contributed by atoms with Crippen molar-refractivity contribution in [3.63, 3.8) is 0 Å². The molecule has 1 aromatic rings. The molecule has 0 saturated carbocycles. The summed E-state index contributed by atoms with van der Waals surface area (Å²) in [4.78, 5) is 18.1. The summed E-state index contributed by atoms with van der Waals surface area (Å²) in [6.07, 6.45) is 3.15. The van der Waals surface area contributed by atoms with Gasteiger partial charge in [-0.1, -0.05) is 5.21 Å². The van der Waals surface area contributed by atoms with Gasteiger partial charge in [-0.05, 0) is 20.8 Å². The smallest absolute Gasteiger partial charge is 0.410 e. The Morgan fingerprint density at radius 1 is 1.48 bits per heavy atom. The van der Waals surface area contributed by atoms with Gasteiger partial charge in [0.25, 0.3) is 0 Å². The van der Waals surface area contributed by atoms with Crippen molar-refractivity contribution in [2.75, 3.05) is 26.2 Å². The summed E-state index contributed by atoms with van der Waals surface area (Å²) in [5.74, 6) is 0.798. The number of rotatable bonds is 3. The number of carbonyl (C=O) groups is 1. The normalized spacial score (nSPS) is 15.6. The van der Waals surface area contributed by atoms with E-state index in [-0.39, 0.29) is 6.09 Å². The largest absolute Gasteiger partial charge is 0.444 e. The van der Waals surface area contributed by atoms with Crippen LogP contribution >= 0.6 is 0 Å². The van der Waals surface area contributed by atoms with Crippen LogP contribution in [0.1, 0.15) is 20.8 Å². The van der Waals surface area contributed by atoms with Gasteiger partial charge in [-0.25, -0.2) is 4.79 Å². The molecule has 0 saturated heterocycles. The van der Waals surface area contributed by atoms with Gasteiger partial charge in [-0.3, -0.25) is 14.6 Å². The highest BCUT2D eigenvalue weighted by atomic mass is 16.6. The summed E-state index contributed by atoms with van der Waals surface area (Å²) >= 11 is 0. The van der Waals surface area contributed by atoms with Crippen LogP contribution in [0, 0.1) is 0 Å². The fourth-order valence-electron chi connectivity index (χ4n) is 1.88. The Hall–Kier alpha value is -2.12. The minimum atomic E-state index is -0.480. The number of aliphatic imine (C=N–C) groups is 1. The van der Waals surface area contributed by atoms with Gasteiger partial charge in [0.05, 0.1) is 25.8 Å². The molecular weight excluding hydrogens is 272 g/mol. The van der Waals surface area contributed by atoms with Gasteiger partial charge in [0.2, 0.25) is 0 Å². The number of carbonyl (C=O) groups excluding carboxylic acids is 1. The lowest BCUT2D eigenvalue weighted by atomic mass is 10.2. The van der Waals surface area contributed by atoms with Crippen molar-refractivity contribution in [2.45, 2.75) is 32.9 Å². The maximum absolute atomic E-state index is 12.0. The van der Waals surface area contributed by atoms with Crippen LogP contribution in [0.5, 0.6) is 0 Å². The Morgan fingerprint density at radius 2 is 2.29 bits per heavy atom. The first-order valence-electron chi connectivity index (χ1n) is 7.03. The lowest BCUT2D eigenvalue weighted by molar-refractivity contribution is 0.0276. The zero-order valence-corrected chi connectivity index (χ0v) is 12.7. The van der Waals surface area contributed by atoms with E-state index in [1.165, 1.54) is 0 Å². The average molecular weight is 294 g/mol. The number of nitrogens with one attached hydrogen (secondary N) is 1. The van der Waals surface area contributed by atoms with E-state index < -0.39 is 5.60 Å². The van der Waals surface area contributed by atoms with Gasteiger partial charge in [0.15, 0.2) is 0 Å². The second kappa shape index (κ2) is 6.55. The number of aromatic nitrogens is 3. The van der Waals surface area contributed by atoms with Crippen molar-refractivity contribution in [1.82, 2.24) is 25.2 Å². The highest BCUT2D eigenvalue weighted by Crippen LogP contribution is 2.10. The van der Waals surface area contributed by atoms with Crippen LogP contribution in [0.25, 0.3) is 0 Å². The minimum Gasteiger partial charge on any atom is -0.444 e.